The normalized spacial score (nSPS) is 10.3. The molecule has 0 radical (unpaired) electrons. The van der Waals surface area contributed by atoms with E-state index in [1.807, 2.05) is 0 Å². The van der Waals surface area contributed by atoms with Gasteiger partial charge in [-0.25, -0.2) is 0 Å². The van der Waals surface area contributed by atoms with E-state index >= 15 is 0 Å². The number of carbonyl (C=O) groups is 2. The van der Waals surface area contributed by atoms with Gasteiger partial charge in [-0.15, -0.1) is 0 Å². The van der Waals surface area contributed by atoms with Crippen molar-refractivity contribution in [3.63, 3.8) is 0 Å². The maximum atomic E-state index is 11.4. The first-order valence-electron chi connectivity index (χ1n) is 11.3. The van der Waals surface area contributed by atoms with E-state index in [-0.39, 0.29) is 93.4 Å². The van der Waals surface area contributed by atoms with Gasteiger partial charge >= 0.3 is 74.7 Å². The number of esters is 1. The number of unbranched alkanes of at least 4 members (excludes halogenated alkanes) is 14. The van der Waals surface area contributed by atoms with Gasteiger partial charge in [0.1, 0.15) is 12.7 Å². The van der Waals surface area contributed by atoms with Crippen LogP contribution in [0.2, 0.25) is 0 Å². The smallest absolute Gasteiger partial charge is 2.00 e. The molecule has 0 amide bonds. The van der Waals surface area contributed by atoms with Crippen molar-refractivity contribution in [2.75, 3.05) is 13.2 Å². The van der Waals surface area contributed by atoms with Crippen LogP contribution < -0.4 is 61.6 Å². The topological polar surface area (TPSA) is 158 Å². The number of carbonyl (C=O) groups excluding carboxylic acids is 2. The van der Waals surface area contributed by atoms with E-state index in [1.54, 1.807) is 0 Å². The van der Waals surface area contributed by atoms with Crippen LogP contribution in [0.4, 0.5) is 4.79 Å². The van der Waals surface area contributed by atoms with E-state index in [9.17, 15) is 4.79 Å². The number of ether oxygens (including phenoxy) is 1. The van der Waals surface area contributed by atoms with Crippen molar-refractivity contribution in [3.05, 3.63) is 0 Å². The van der Waals surface area contributed by atoms with Crippen LogP contribution >= 0.6 is 0 Å². The molecule has 182 valence electrons. The molecule has 0 rings (SSSR count). The van der Waals surface area contributed by atoms with E-state index in [1.165, 1.54) is 83.5 Å². The first-order valence-corrected chi connectivity index (χ1v) is 11.3. The molecule has 0 aliphatic rings. The summed E-state index contributed by atoms with van der Waals surface area (Å²) in [5, 5.41) is 34.4. The van der Waals surface area contributed by atoms with Gasteiger partial charge in [-0.1, -0.05) is 96.8 Å². The SMILES string of the molecule is CCCCCCCCCCCCCCCCCC(=O)OCC(O)CO.O=C([O-])[O-].[Al+3].[K+].[O-2]. The molecule has 0 aliphatic heterocycles. The molecule has 0 spiro atoms. The summed E-state index contributed by atoms with van der Waals surface area (Å²) in [5.41, 5.74) is 0. The van der Waals surface area contributed by atoms with Crippen LogP contribution in [0.3, 0.4) is 0 Å². The second-order valence-electron chi connectivity index (χ2n) is 7.47. The fourth-order valence-electron chi connectivity index (χ4n) is 2.95. The summed E-state index contributed by atoms with van der Waals surface area (Å²) >= 11 is 0. The third kappa shape index (κ3) is 44.5. The molecule has 0 bridgehead atoms. The van der Waals surface area contributed by atoms with Crippen LogP contribution in [-0.2, 0) is 15.0 Å². The minimum absolute atomic E-state index is 0. The van der Waals surface area contributed by atoms with Gasteiger partial charge in [0.05, 0.1) is 6.61 Å². The summed E-state index contributed by atoms with van der Waals surface area (Å²) in [7, 11) is 0. The predicted molar refractivity (Wildman–Crippen MR) is 115 cm³/mol. The fraction of sp³-hybridized carbons (Fsp3) is 0.909. The number of carboxylic acid groups (broad SMARTS) is 2. The Morgan fingerprint density at radius 1 is 0.781 bits per heavy atom. The Hall–Kier alpha value is 0.789. The van der Waals surface area contributed by atoms with E-state index in [2.05, 4.69) is 6.92 Å². The van der Waals surface area contributed by atoms with Gasteiger partial charge in [0.15, 0.2) is 0 Å². The largest absolute Gasteiger partial charge is 3.00 e. The molecule has 0 saturated heterocycles. The average Bonchev–Trinajstić information content (AvgIpc) is 2.68. The van der Waals surface area contributed by atoms with Crippen LogP contribution in [-0.4, -0.2) is 59.0 Å². The molecule has 0 saturated carbocycles. The van der Waals surface area contributed by atoms with Crippen LogP contribution in [0.5, 0.6) is 0 Å². The molecule has 1 unspecified atom stereocenters. The Morgan fingerprint density at radius 2 is 1.09 bits per heavy atom. The molecular formula is C22H42AlKO8. The van der Waals surface area contributed by atoms with Gasteiger partial charge in [-0.05, 0) is 12.6 Å². The van der Waals surface area contributed by atoms with E-state index in [0.717, 1.165) is 12.8 Å². The summed E-state index contributed by atoms with van der Waals surface area (Å²) in [6, 6.07) is 0. The Kier molecular flexibility index (Phi) is 48.8. The van der Waals surface area contributed by atoms with Gasteiger partial charge in [0, 0.05) is 6.42 Å². The van der Waals surface area contributed by atoms with Gasteiger partial charge in [0.25, 0.3) is 0 Å². The van der Waals surface area contributed by atoms with Crippen LogP contribution in [0.25, 0.3) is 0 Å². The van der Waals surface area contributed by atoms with Gasteiger partial charge in [0.2, 0.25) is 0 Å². The fourth-order valence-corrected chi connectivity index (χ4v) is 2.95. The summed E-state index contributed by atoms with van der Waals surface area (Å²) in [4.78, 5) is 19.7. The third-order valence-electron chi connectivity index (χ3n) is 4.63. The zero-order chi connectivity index (χ0) is 22.2. The van der Waals surface area contributed by atoms with Crippen LogP contribution in [0.1, 0.15) is 110 Å². The number of hydrogen-bond donors (Lipinski definition) is 2. The molecule has 2 N–H and O–H groups in total. The standard InChI is InChI=1S/C21H42O4.CH2O3.Al.K.O/c1-2-3-4-5-6-7-8-9-10-11-12-13-14-15-16-17-21(24)25-19-20(23)18-22;2-1(3)4;;;/h20,22-23H,2-19H2,1H3;(H2,2,3,4);;;/q;;+3;+1;-2/p-2. The summed E-state index contributed by atoms with van der Waals surface area (Å²) in [5.74, 6) is -0.276. The second-order valence-corrected chi connectivity index (χ2v) is 7.47. The second kappa shape index (κ2) is 36.4. The van der Waals surface area contributed by atoms with Crippen LogP contribution in [0, 0.1) is 0 Å². The van der Waals surface area contributed by atoms with Crippen molar-refractivity contribution >= 4 is 29.5 Å². The minimum Gasteiger partial charge on any atom is -2.00 e. The van der Waals surface area contributed by atoms with Crippen molar-refractivity contribution in [3.8, 4) is 0 Å². The monoisotopic (exact) mass is 500 g/mol. The van der Waals surface area contributed by atoms with E-state index in [4.69, 9.17) is 30.0 Å². The Labute approximate surface area is 247 Å². The molecule has 8 nitrogen and oxygen atoms in total. The van der Waals surface area contributed by atoms with Gasteiger partial charge in [-0.2, -0.15) is 0 Å². The molecule has 0 heterocycles. The first-order chi connectivity index (χ1) is 13.9. The predicted octanol–water partition coefficient (Wildman–Crippen LogP) is -0.798. The van der Waals surface area contributed by atoms with Crippen molar-refractivity contribution in [2.45, 2.75) is 116 Å². The van der Waals surface area contributed by atoms with Crippen molar-refractivity contribution in [1.82, 2.24) is 0 Å². The Balaban J connectivity index is -0.000000318. The summed E-state index contributed by atoms with van der Waals surface area (Å²) in [6.45, 7) is 1.79. The molecule has 32 heavy (non-hydrogen) atoms. The zero-order valence-electron chi connectivity index (χ0n) is 20.2. The first kappa shape index (κ1) is 42.9. The molecule has 0 aromatic carbocycles. The van der Waals surface area contributed by atoms with Crippen molar-refractivity contribution in [1.29, 1.82) is 0 Å². The quantitative estimate of drug-likeness (QED) is 0.133. The summed E-state index contributed by atoms with van der Waals surface area (Å²) in [6.07, 6.45) is 16.7. The van der Waals surface area contributed by atoms with E-state index < -0.39 is 12.3 Å². The van der Waals surface area contributed by atoms with Crippen molar-refractivity contribution < 1.29 is 91.6 Å². The molecule has 0 aromatic heterocycles. The number of aliphatic hydroxyl groups excluding tert-OH is 2. The average molecular weight is 501 g/mol. The number of aliphatic hydroxyl groups is 2. The molecule has 0 fully saturated rings. The maximum absolute atomic E-state index is 11.4. The number of hydrogen-bond acceptors (Lipinski definition) is 7. The molecular weight excluding hydrogens is 458 g/mol. The van der Waals surface area contributed by atoms with E-state index in [0.29, 0.717) is 6.42 Å². The Morgan fingerprint density at radius 3 is 1.41 bits per heavy atom. The third-order valence-corrected chi connectivity index (χ3v) is 4.63. The zero-order valence-corrected chi connectivity index (χ0v) is 24.5. The summed E-state index contributed by atoms with van der Waals surface area (Å²) < 4.78 is 4.86. The molecule has 0 aliphatic carbocycles. The molecule has 1 atom stereocenters. The number of rotatable bonds is 19. The van der Waals surface area contributed by atoms with Crippen LogP contribution in [0.15, 0.2) is 0 Å². The maximum Gasteiger partial charge on any atom is 3.00 e. The molecule has 10 heteroatoms. The van der Waals surface area contributed by atoms with Crippen molar-refractivity contribution in [2.24, 2.45) is 0 Å². The molecule has 0 aromatic rings. The van der Waals surface area contributed by atoms with Gasteiger partial charge < -0.3 is 35.4 Å². The minimum atomic E-state index is -2.33. The Bertz CT molecular complexity index is 372. The van der Waals surface area contributed by atoms with Gasteiger partial charge in [-0.3, -0.25) is 4.79 Å².